The fourth-order valence-electron chi connectivity index (χ4n) is 3.61. The van der Waals surface area contributed by atoms with Crippen LogP contribution in [-0.2, 0) is 19.3 Å². The summed E-state index contributed by atoms with van der Waals surface area (Å²) in [4.78, 5) is 9.01. The van der Waals surface area contributed by atoms with Crippen LogP contribution in [0.3, 0.4) is 0 Å². The third kappa shape index (κ3) is 4.68. The van der Waals surface area contributed by atoms with Crippen LogP contribution in [-0.4, -0.2) is 9.97 Å². The Kier molecular flexibility index (Phi) is 6.39. The lowest BCUT2D eigenvalue weighted by Crippen LogP contribution is -1.97. The summed E-state index contributed by atoms with van der Waals surface area (Å²) in [5.41, 5.74) is 3.92. The molecular formula is C26H24ClFN2. The van der Waals surface area contributed by atoms with Gasteiger partial charge in [-0.05, 0) is 66.0 Å². The second kappa shape index (κ2) is 9.36. The van der Waals surface area contributed by atoms with Crippen molar-refractivity contribution < 1.29 is 4.39 Å². The smallest absolute Gasteiger partial charge is 0.159 e. The molecule has 0 saturated carbocycles. The van der Waals surface area contributed by atoms with Crippen LogP contribution in [0.1, 0.15) is 36.5 Å². The van der Waals surface area contributed by atoms with E-state index in [4.69, 9.17) is 11.6 Å². The summed E-state index contributed by atoms with van der Waals surface area (Å²) in [6, 6.07) is 17.3. The summed E-state index contributed by atoms with van der Waals surface area (Å²) in [7, 11) is 0. The van der Waals surface area contributed by atoms with E-state index >= 15 is 4.39 Å². The van der Waals surface area contributed by atoms with Crippen molar-refractivity contribution >= 4 is 22.4 Å². The predicted octanol–water partition coefficient (Wildman–Crippen LogP) is 7.22. The number of rotatable bonds is 7. The number of halogens is 2. The van der Waals surface area contributed by atoms with Crippen molar-refractivity contribution in [2.24, 2.45) is 0 Å². The second-order valence-corrected chi connectivity index (χ2v) is 8.06. The normalized spacial score (nSPS) is 11.2. The van der Waals surface area contributed by atoms with E-state index in [0.29, 0.717) is 22.7 Å². The first kappa shape index (κ1) is 20.5. The van der Waals surface area contributed by atoms with Crippen molar-refractivity contribution in [1.82, 2.24) is 9.97 Å². The summed E-state index contributed by atoms with van der Waals surface area (Å²) in [5, 5.41) is 2.21. The maximum absolute atomic E-state index is 15.1. The molecule has 0 fully saturated rings. The molecule has 4 heteroatoms. The quantitative estimate of drug-likeness (QED) is 0.316. The Hall–Kier alpha value is -2.78. The zero-order chi connectivity index (χ0) is 20.9. The SMILES string of the molecule is CCCCc1cnc(-c2ccc3c(F)c(CCc4ccc(Cl)cc4)ccc3c2)nc1. The fraction of sp³-hybridized carbons (Fsp3) is 0.231. The van der Waals surface area contributed by atoms with Gasteiger partial charge < -0.3 is 0 Å². The first-order valence-electron chi connectivity index (χ1n) is 10.4. The van der Waals surface area contributed by atoms with Crippen LogP contribution in [0.4, 0.5) is 4.39 Å². The molecule has 0 bridgehead atoms. The topological polar surface area (TPSA) is 25.8 Å². The number of hydrogen-bond donors (Lipinski definition) is 0. The second-order valence-electron chi connectivity index (χ2n) is 7.62. The molecular weight excluding hydrogens is 395 g/mol. The van der Waals surface area contributed by atoms with E-state index in [1.165, 1.54) is 0 Å². The average Bonchev–Trinajstić information content (AvgIpc) is 2.78. The van der Waals surface area contributed by atoms with Crippen LogP contribution in [0.15, 0.2) is 67.0 Å². The number of benzene rings is 3. The Labute approximate surface area is 181 Å². The Morgan fingerprint density at radius 3 is 2.33 bits per heavy atom. The third-order valence-electron chi connectivity index (χ3n) is 5.41. The molecule has 1 aromatic heterocycles. The van der Waals surface area contributed by atoms with E-state index in [0.717, 1.165) is 53.3 Å². The van der Waals surface area contributed by atoms with Crippen LogP contribution < -0.4 is 0 Å². The molecule has 0 saturated heterocycles. The van der Waals surface area contributed by atoms with Gasteiger partial charge in [0, 0.05) is 28.4 Å². The number of aryl methyl sites for hydroxylation is 3. The van der Waals surface area contributed by atoms with Gasteiger partial charge in [-0.1, -0.05) is 61.3 Å². The first-order chi connectivity index (χ1) is 14.6. The number of unbranched alkanes of at least 4 members (excludes halogenated alkanes) is 1. The summed E-state index contributed by atoms with van der Waals surface area (Å²) in [6.07, 6.45) is 8.49. The number of fused-ring (bicyclic) bond motifs is 1. The highest BCUT2D eigenvalue weighted by molar-refractivity contribution is 6.30. The summed E-state index contributed by atoms with van der Waals surface area (Å²) < 4.78 is 15.1. The molecule has 0 amide bonds. The zero-order valence-corrected chi connectivity index (χ0v) is 17.8. The molecule has 0 N–H and O–H groups in total. The van der Waals surface area contributed by atoms with E-state index in [-0.39, 0.29) is 5.82 Å². The van der Waals surface area contributed by atoms with Crippen molar-refractivity contribution in [1.29, 1.82) is 0 Å². The first-order valence-corrected chi connectivity index (χ1v) is 10.8. The summed E-state index contributed by atoms with van der Waals surface area (Å²) in [6.45, 7) is 2.17. The Bertz CT molecular complexity index is 1140. The maximum Gasteiger partial charge on any atom is 0.159 e. The fourth-order valence-corrected chi connectivity index (χ4v) is 3.74. The predicted molar refractivity (Wildman–Crippen MR) is 122 cm³/mol. The molecule has 2 nitrogen and oxygen atoms in total. The minimum Gasteiger partial charge on any atom is -0.236 e. The third-order valence-corrected chi connectivity index (χ3v) is 5.66. The zero-order valence-electron chi connectivity index (χ0n) is 17.0. The van der Waals surface area contributed by atoms with Crippen LogP contribution in [0, 0.1) is 5.82 Å². The van der Waals surface area contributed by atoms with Gasteiger partial charge in [-0.25, -0.2) is 14.4 Å². The van der Waals surface area contributed by atoms with E-state index in [1.807, 2.05) is 67.0 Å². The van der Waals surface area contributed by atoms with E-state index in [9.17, 15) is 0 Å². The van der Waals surface area contributed by atoms with Gasteiger partial charge in [0.1, 0.15) is 5.82 Å². The Morgan fingerprint density at radius 2 is 1.60 bits per heavy atom. The summed E-state index contributed by atoms with van der Waals surface area (Å²) >= 11 is 5.94. The van der Waals surface area contributed by atoms with Gasteiger partial charge in [-0.15, -0.1) is 0 Å². The molecule has 0 aliphatic carbocycles. The number of hydrogen-bond acceptors (Lipinski definition) is 2. The molecule has 4 rings (SSSR count). The minimum absolute atomic E-state index is 0.149. The monoisotopic (exact) mass is 418 g/mol. The lowest BCUT2D eigenvalue weighted by Gasteiger charge is -2.09. The van der Waals surface area contributed by atoms with Crippen LogP contribution in [0.5, 0.6) is 0 Å². The van der Waals surface area contributed by atoms with Crippen molar-refractivity contribution in [2.75, 3.05) is 0 Å². The van der Waals surface area contributed by atoms with E-state index in [1.54, 1.807) is 0 Å². The lowest BCUT2D eigenvalue weighted by atomic mass is 9.99. The molecule has 3 aromatic carbocycles. The highest BCUT2D eigenvalue weighted by atomic mass is 35.5. The maximum atomic E-state index is 15.1. The average molecular weight is 419 g/mol. The van der Waals surface area contributed by atoms with Gasteiger partial charge in [-0.2, -0.15) is 0 Å². The molecule has 0 aliphatic heterocycles. The molecule has 0 radical (unpaired) electrons. The minimum atomic E-state index is -0.149. The Morgan fingerprint density at radius 1 is 0.833 bits per heavy atom. The highest BCUT2D eigenvalue weighted by Gasteiger charge is 2.10. The number of aromatic nitrogens is 2. The molecule has 4 aromatic rings. The van der Waals surface area contributed by atoms with E-state index in [2.05, 4.69) is 16.9 Å². The van der Waals surface area contributed by atoms with Crippen molar-refractivity contribution in [3.63, 3.8) is 0 Å². The van der Waals surface area contributed by atoms with E-state index < -0.39 is 0 Å². The Balaban J connectivity index is 1.54. The van der Waals surface area contributed by atoms with Gasteiger partial charge >= 0.3 is 0 Å². The van der Waals surface area contributed by atoms with Crippen molar-refractivity contribution in [3.05, 3.63) is 94.5 Å². The van der Waals surface area contributed by atoms with Gasteiger partial charge in [0.2, 0.25) is 0 Å². The number of nitrogens with zero attached hydrogens (tertiary/aromatic N) is 2. The molecule has 30 heavy (non-hydrogen) atoms. The molecule has 0 unspecified atom stereocenters. The van der Waals surface area contributed by atoms with Crippen LogP contribution >= 0.6 is 11.6 Å². The van der Waals surface area contributed by atoms with Crippen molar-refractivity contribution in [3.8, 4) is 11.4 Å². The molecule has 0 aliphatic rings. The van der Waals surface area contributed by atoms with Crippen LogP contribution in [0.25, 0.3) is 22.2 Å². The highest BCUT2D eigenvalue weighted by Crippen LogP contribution is 2.27. The van der Waals surface area contributed by atoms with Gasteiger partial charge in [0.25, 0.3) is 0 Å². The van der Waals surface area contributed by atoms with Crippen LogP contribution in [0.2, 0.25) is 5.02 Å². The van der Waals surface area contributed by atoms with Gasteiger partial charge in [0.05, 0.1) is 0 Å². The molecule has 152 valence electrons. The van der Waals surface area contributed by atoms with Gasteiger partial charge in [0.15, 0.2) is 5.82 Å². The van der Waals surface area contributed by atoms with Gasteiger partial charge in [-0.3, -0.25) is 0 Å². The lowest BCUT2D eigenvalue weighted by molar-refractivity contribution is 0.620. The van der Waals surface area contributed by atoms with Crippen molar-refractivity contribution in [2.45, 2.75) is 39.0 Å². The molecule has 0 spiro atoms. The largest absolute Gasteiger partial charge is 0.236 e. The standard InChI is InChI=1S/C26H24ClFN2/c1-2-3-4-19-16-29-26(30-17-19)22-11-14-24-21(15-22)10-9-20(25(24)28)8-5-18-6-12-23(27)13-7-18/h6-7,9-17H,2-5,8H2,1H3. The molecule has 0 atom stereocenters. The molecule has 1 heterocycles. The summed E-state index contributed by atoms with van der Waals surface area (Å²) in [5.74, 6) is 0.521.